The lowest BCUT2D eigenvalue weighted by molar-refractivity contribution is -0.139. The van der Waals surface area contributed by atoms with Gasteiger partial charge in [-0.15, -0.1) is 0 Å². The Bertz CT molecular complexity index is 376. The number of aliphatic carboxylic acids is 1. The number of carbonyl (C=O) groups is 3. The second-order valence-electron chi connectivity index (χ2n) is 5.38. The number of nitrogens with zero attached hydrogens (tertiary/aromatic N) is 1. The molecule has 0 aromatic heterocycles. The number of rotatable bonds is 5. The van der Waals surface area contributed by atoms with Crippen molar-refractivity contribution in [1.82, 2.24) is 10.2 Å². The van der Waals surface area contributed by atoms with Gasteiger partial charge in [0.1, 0.15) is 6.04 Å². The highest BCUT2D eigenvalue weighted by Crippen LogP contribution is 2.22. The molecule has 3 amide bonds. The van der Waals surface area contributed by atoms with Crippen LogP contribution in [-0.4, -0.2) is 46.0 Å². The summed E-state index contributed by atoms with van der Waals surface area (Å²) in [6.07, 6.45) is 2.83. The third kappa shape index (κ3) is 4.40. The second kappa shape index (κ2) is 7.12. The lowest BCUT2D eigenvalue weighted by Gasteiger charge is -2.39. The molecule has 1 aliphatic heterocycles. The van der Waals surface area contributed by atoms with Gasteiger partial charge in [-0.25, -0.2) is 9.59 Å². The number of piperidine rings is 1. The van der Waals surface area contributed by atoms with E-state index in [1.54, 1.807) is 4.90 Å². The molecule has 0 unspecified atom stereocenters. The molecule has 20 heavy (non-hydrogen) atoms. The minimum atomic E-state index is -1.16. The van der Waals surface area contributed by atoms with Gasteiger partial charge in [-0.05, 0) is 39.5 Å². The quantitative estimate of drug-likeness (QED) is 0.689. The van der Waals surface area contributed by atoms with Crippen LogP contribution in [0.25, 0.3) is 0 Å². The van der Waals surface area contributed by atoms with Gasteiger partial charge >= 0.3 is 12.0 Å². The molecule has 1 fully saturated rings. The number of hydrogen-bond donors (Lipinski definition) is 3. The van der Waals surface area contributed by atoms with Crippen molar-refractivity contribution in [3.8, 4) is 0 Å². The molecule has 4 N–H and O–H groups in total. The van der Waals surface area contributed by atoms with Crippen LogP contribution in [0.2, 0.25) is 0 Å². The molecule has 7 heteroatoms. The zero-order valence-corrected chi connectivity index (χ0v) is 12.0. The predicted octanol–water partition coefficient (Wildman–Crippen LogP) is 0.678. The number of nitrogens with two attached hydrogens (primary N) is 1. The average Bonchev–Trinajstić information content (AvgIpc) is 2.33. The minimum Gasteiger partial charge on any atom is -0.480 e. The van der Waals surface area contributed by atoms with Gasteiger partial charge in [-0.2, -0.15) is 0 Å². The summed E-state index contributed by atoms with van der Waals surface area (Å²) >= 11 is 0. The first-order valence-electron chi connectivity index (χ1n) is 6.93. The van der Waals surface area contributed by atoms with E-state index < -0.39 is 17.9 Å². The number of nitrogens with one attached hydrogen (secondary N) is 1. The number of carboxylic acid groups (broad SMARTS) is 1. The van der Waals surface area contributed by atoms with Gasteiger partial charge in [0, 0.05) is 18.5 Å². The SMILES string of the molecule is C[C@@H]1CCC[C@H](C)N1C(=O)N[C@@H](CCC(N)=O)C(=O)O. The van der Waals surface area contributed by atoms with E-state index in [0.717, 1.165) is 19.3 Å². The molecule has 1 saturated heterocycles. The van der Waals surface area contributed by atoms with Crippen LogP contribution >= 0.6 is 0 Å². The molecule has 3 atom stereocenters. The number of likely N-dealkylation sites (tertiary alicyclic amines) is 1. The summed E-state index contributed by atoms with van der Waals surface area (Å²) in [5.41, 5.74) is 5.00. The summed E-state index contributed by atoms with van der Waals surface area (Å²) in [4.78, 5) is 35.7. The standard InChI is InChI=1S/C13H23N3O4/c1-8-4-3-5-9(2)16(8)13(20)15-10(12(18)19)6-7-11(14)17/h8-10H,3-7H2,1-2H3,(H2,14,17)(H,15,20)(H,18,19)/t8-,9+,10-/m0/s1. The lowest BCUT2D eigenvalue weighted by atomic mass is 9.98. The number of urea groups is 1. The third-order valence-corrected chi connectivity index (χ3v) is 3.70. The van der Waals surface area contributed by atoms with Gasteiger partial charge in [0.15, 0.2) is 0 Å². The Kier molecular flexibility index (Phi) is 5.79. The molecule has 0 radical (unpaired) electrons. The van der Waals surface area contributed by atoms with E-state index in [1.165, 1.54) is 0 Å². The summed E-state index contributed by atoms with van der Waals surface area (Å²) in [6.45, 7) is 3.91. The molecule has 1 heterocycles. The van der Waals surface area contributed by atoms with Gasteiger partial charge in [-0.1, -0.05) is 0 Å². The molecule has 0 aromatic rings. The van der Waals surface area contributed by atoms with Gasteiger partial charge in [-0.3, -0.25) is 4.79 Å². The average molecular weight is 285 g/mol. The van der Waals surface area contributed by atoms with Crippen molar-refractivity contribution in [3.05, 3.63) is 0 Å². The maximum atomic E-state index is 12.2. The highest BCUT2D eigenvalue weighted by molar-refractivity contribution is 5.83. The molecule has 0 saturated carbocycles. The number of carbonyl (C=O) groups excluding carboxylic acids is 2. The number of amides is 3. The van der Waals surface area contributed by atoms with E-state index in [2.05, 4.69) is 5.32 Å². The van der Waals surface area contributed by atoms with E-state index in [4.69, 9.17) is 10.8 Å². The first kappa shape index (κ1) is 16.3. The van der Waals surface area contributed by atoms with Crippen molar-refractivity contribution in [2.45, 2.75) is 64.1 Å². The van der Waals surface area contributed by atoms with E-state index in [9.17, 15) is 14.4 Å². The number of primary amides is 1. The summed E-state index contributed by atoms with van der Waals surface area (Å²) in [6, 6.07) is -1.30. The van der Waals surface area contributed by atoms with E-state index in [0.29, 0.717) is 0 Å². The first-order chi connectivity index (χ1) is 9.32. The topological polar surface area (TPSA) is 113 Å². The lowest BCUT2D eigenvalue weighted by Crippen LogP contribution is -2.55. The van der Waals surface area contributed by atoms with Gasteiger partial charge in [0.05, 0.1) is 0 Å². The molecule has 0 bridgehead atoms. The Morgan fingerprint density at radius 3 is 2.30 bits per heavy atom. The Morgan fingerprint density at radius 1 is 1.30 bits per heavy atom. The van der Waals surface area contributed by atoms with Crippen LogP contribution in [0.3, 0.4) is 0 Å². The maximum Gasteiger partial charge on any atom is 0.326 e. The van der Waals surface area contributed by atoms with E-state index >= 15 is 0 Å². The Labute approximate surface area is 118 Å². The van der Waals surface area contributed by atoms with Crippen LogP contribution < -0.4 is 11.1 Å². The minimum absolute atomic E-state index is 0.00695. The zero-order chi connectivity index (χ0) is 15.3. The summed E-state index contributed by atoms with van der Waals surface area (Å²) in [7, 11) is 0. The molecule has 0 spiro atoms. The predicted molar refractivity (Wildman–Crippen MR) is 73.0 cm³/mol. The van der Waals surface area contributed by atoms with Crippen LogP contribution in [0, 0.1) is 0 Å². The molecule has 114 valence electrons. The molecule has 0 aliphatic carbocycles. The smallest absolute Gasteiger partial charge is 0.326 e. The van der Waals surface area contributed by atoms with Crippen molar-refractivity contribution >= 4 is 17.9 Å². The normalized spacial score (nSPS) is 24.0. The van der Waals surface area contributed by atoms with E-state index in [-0.39, 0.29) is 31.0 Å². The fraction of sp³-hybridized carbons (Fsp3) is 0.769. The molecule has 1 aliphatic rings. The van der Waals surface area contributed by atoms with Crippen LogP contribution in [-0.2, 0) is 9.59 Å². The fourth-order valence-electron chi connectivity index (χ4n) is 2.59. The fourth-order valence-corrected chi connectivity index (χ4v) is 2.59. The van der Waals surface area contributed by atoms with Crippen molar-refractivity contribution in [2.24, 2.45) is 5.73 Å². The first-order valence-corrected chi connectivity index (χ1v) is 6.93. The Morgan fingerprint density at radius 2 is 1.85 bits per heavy atom. The molecule has 1 rings (SSSR count). The summed E-state index contributed by atoms with van der Waals surface area (Å²) in [5, 5.41) is 11.6. The Hall–Kier alpha value is -1.79. The molecule has 0 aromatic carbocycles. The number of hydrogen-bond acceptors (Lipinski definition) is 3. The monoisotopic (exact) mass is 285 g/mol. The van der Waals surface area contributed by atoms with Crippen molar-refractivity contribution < 1.29 is 19.5 Å². The van der Waals surface area contributed by atoms with Gasteiger partial charge in [0.25, 0.3) is 0 Å². The molecular weight excluding hydrogens is 262 g/mol. The largest absolute Gasteiger partial charge is 0.480 e. The summed E-state index contributed by atoms with van der Waals surface area (Å²) < 4.78 is 0. The zero-order valence-electron chi connectivity index (χ0n) is 12.0. The van der Waals surface area contributed by atoms with Crippen molar-refractivity contribution in [1.29, 1.82) is 0 Å². The van der Waals surface area contributed by atoms with Crippen LogP contribution in [0.4, 0.5) is 4.79 Å². The third-order valence-electron chi connectivity index (χ3n) is 3.70. The highest BCUT2D eigenvalue weighted by Gasteiger charge is 2.31. The van der Waals surface area contributed by atoms with E-state index in [1.807, 2.05) is 13.8 Å². The van der Waals surface area contributed by atoms with Crippen molar-refractivity contribution in [3.63, 3.8) is 0 Å². The van der Waals surface area contributed by atoms with Crippen molar-refractivity contribution in [2.75, 3.05) is 0 Å². The molecular formula is C13H23N3O4. The maximum absolute atomic E-state index is 12.2. The van der Waals surface area contributed by atoms with Crippen LogP contribution in [0.1, 0.15) is 46.0 Å². The van der Waals surface area contributed by atoms with Gasteiger partial charge < -0.3 is 21.1 Å². The number of carboxylic acids is 1. The summed E-state index contributed by atoms with van der Waals surface area (Å²) in [5.74, 6) is -1.73. The second-order valence-corrected chi connectivity index (χ2v) is 5.38. The Balaban J connectivity index is 2.64. The van der Waals surface area contributed by atoms with Gasteiger partial charge in [0.2, 0.25) is 5.91 Å². The highest BCUT2D eigenvalue weighted by atomic mass is 16.4. The van der Waals surface area contributed by atoms with Crippen LogP contribution in [0.15, 0.2) is 0 Å². The van der Waals surface area contributed by atoms with Crippen LogP contribution in [0.5, 0.6) is 0 Å². The molecule has 7 nitrogen and oxygen atoms in total.